The molecule has 178 valence electrons. The van der Waals surface area contributed by atoms with Gasteiger partial charge in [-0.05, 0) is 68.0 Å². The third kappa shape index (κ3) is 5.91. The lowest BCUT2D eigenvalue weighted by Gasteiger charge is -2.30. The van der Waals surface area contributed by atoms with E-state index in [1.165, 1.54) is 17.5 Å². The van der Waals surface area contributed by atoms with Crippen molar-refractivity contribution in [1.82, 2.24) is 4.31 Å². The molecule has 2 aromatic rings. The van der Waals surface area contributed by atoms with E-state index in [0.29, 0.717) is 36.0 Å². The molecule has 0 radical (unpaired) electrons. The molecular weight excluding hydrogens is 444 g/mol. The third-order valence-electron chi connectivity index (χ3n) is 5.92. The first-order chi connectivity index (χ1) is 15.6. The molecule has 0 bridgehead atoms. The first-order valence-corrected chi connectivity index (χ1v) is 12.3. The van der Waals surface area contributed by atoms with E-state index in [9.17, 15) is 18.0 Å². The molecule has 8 nitrogen and oxygen atoms in total. The monoisotopic (exact) mass is 474 g/mol. The number of nitrogens with one attached hydrogen (secondary N) is 1. The van der Waals surface area contributed by atoms with E-state index in [1.807, 2.05) is 0 Å². The number of piperidine rings is 1. The number of methoxy groups -OCH3 is 1. The van der Waals surface area contributed by atoms with Crippen molar-refractivity contribution in [1.29, 1.82) is 0 Å². The van der Waals surface area contributed by atoms with E-state index >= 15 is 0 Å². The van der Waals surface area contributed by atoms with E-state index in [1.54, 1.807) is 44.2 Å². The van der Waals surface area contributed by atoms with Crippen LogP contribution in [-0.4, -0.2) is 51.4 Å². The number of aryl methyl sites for hydroxylation is 1. The van der Waals surface area contributed by atoms with Gasteiger partial charge in [-0.2, -0.15) is 4.31 Å². The molecule has 0 aliphatic carbocycles. The van der Waals surface area contributed by atoms with Gasteiger partial charge in [0.2, 0.25) is 10.0 Å². The summed E-state index contributed by atoms with van der Waals surface area (Å²) in [6.07, 6.45) is 1.65. The highest BCUT2D eigenvalue weighted by Gasteiger charge is 2.30. The predicted molar refractivity (Wildman–Crippen MR) is 125 cm³/mol. The zero-order valence-electron chi connectivity index (χ0n) is 19.4. The van der Waals surface area contributed by atoms with Crippen molar-refractivity contribution in [2.45, 2.75) is 38.5 Å². The van der Waals surface area contributed by atoms with Crippen LogP contribution in [0.2, 0.25) is 0 Å². The second kappa shape index (κ2) is 10.4. The maximum atomic E-state index is 13.3. The normalized spacial score (nSPS) is 15.2. The van der Waals surface area contributed by atoms with Gasteiger partial charge in [0.1, 0.15) is 5.75 Å². The number of ether oxygens (including phenoxy) is 2. The van der Waals surface area contributed by atoms with Crippen molar-refractivity contribution in [3.8, 4) is 5.75 Å². The number of sulfonamides is 1. The van der Waals surface area contributed by atoms with Crippen LogP contribution in [-0.2, 0) is 19.6 Å². The fraction of sp³-hybridized carbons (Fsp3) is 0.417. The zero-order valence-corrected chi connectivity index (χ0v) is 20.2. The summed E-state index contributed by atoms with van der Waals surface area (Å²) in [5, 5.41) is 2.77. The number of rotatable bonds is 7. The Balaban J connectivity index is 1.82. The maximum absolute atomic E-state index is 13.3. The van der Waals surface area contributed by atoms with Crippen LogP contribution in [0.3, 0.4) is 0 Å². The van der Waals surface area contributed by atoms with Crippen molar-refractivity contribution in [3.05, 3.63) is 53.1 Å². The number of amides is 1. The summed E-state index contributed by atoms with van der Waals surface area (Å²) < 4.78 is 38.1. The summed E-state index contributed by atoms with van der Waals surface area (Å²) in [5.41, 5.74) is 2.07. The Morgan fingerprint density at radius 1 is 1.12 bits per heavy atom. The summed E-state index contributed by atoms with van der Waals surface area (Å²) in [7, 11) is -2.43. The molecule has 0 saturated carbocycles. The highest BCUT2D eigenvalue weighted by molar-refractivity contribution is 7.89. The highest BCUT2D eigenvalue weighted by atomic mass is 32.2. The second-order valence-corrected chi connectivity index (χ2v) is 10.3. The van der Waals surface area contributed by atoms with Gasteiger partial charge in [0.25, 0.3) is 5.91 Å². The summed E-state index contributed by atoms with van der Waals surface area (Å²) in [4.78, 5) is 24.4. The molecule has 1 aliphatic heterocycles. The fourth-order valence-corrected chi connectivity index (χ4v) is 5.45. The molecule has 1 amide bonds. The van der Waals surface area contributed by atoms with Gasteiger partial charge in [0.15, 0.2) is 6.61 Å². The number of hydrogen-bond acceptors (Lipinski definition) is 6. The van der Waals surface area contributed by atoms with Gasteiger partial charge in [-0.25, -0.2) is 13.2 Å². The van der Waals surface area contributed by atoms with Crippen LogP contribution in [0.15, 0.2) is 41.3 Å². The van der Waals surface area contributed by atoms with Gasteiger partial charge in [0, 0.05) is 30.4 Å². The number of nitrogens with zero attached hydrogens (tertiary/aromatic N) is 1. The second-order valence-electron chi connectivity index (χ2n) is 8.35. The third-order valence-corrected chi connectivity index (χ3v) is 7.94. The summed E-state index contributed by atoms with van der Waals surface area (Å²) in [6.45, 7) is 6.40. The van der Waals surface area contributed by atoms with E-state index in [0.717, 1.165) is 18.4 Å². The van der Waals surface area contributed by atoms with Crippen molar-refractivity contribution < 1.29 is 27.5 Å². The Labute approximate surface area is 194 Å². The van der Waals surface area contributed by atoms with Gasteiger partial charge in [-0.15, -0.1) is 0 Å². The Morgan fingerprint density at radius 3 is 2.48 bits per heavy atom. The van der Waals surface area contributed by atoms with E-state index in [2.05, 4.69) is 17.0 Å². The molecule has 1 heterocycles. The summed E-state index contributed by atoms with van der Waals surface area (Å²) >= 11 is 0. The van der Waals surface area contributed by atoms with Crippen LogP contribution in [0.1, 0.15) is 41.3 Å². The molecule has 0 atom stereocenters. The number of benzene rings is 2. The zero-order chi connectivity index (χ0) is 24.2. The van der Waals surface area contributed by atoms with Crippen LogP contribution >= 0.6 is 0 Å². The van der Waals surface area contributed by atoms with Crippen LogP contribution in [0.4, 0.5) is 5.69 Å². The molecule has 1 N–H and O–H groups in total. The number of esters is 1. The fourth-order valence-electron chi connectivity index (χ4n) is 3.66. The topological polar surface area (TPSA) is 102 Å². The SMILES string of the molecule is COC(=O)COc1cccc(NC(=O)c2cc(C)c(C)c(S(=O)(=O)N3CCC(C)CC3)c2)c1. The lowest BCUT2D eigenvalue weighted by Crippen LogP contribution is -2.38. The van der Waals surface area contributed by atoms with Gasteiger partial charge < -0.3 is 14.8 Å². The van der Waals surface area contributed by atoms with Crippen molar-refractivity contribution in [2.24, 2.45) is 5.92 Å². The molecular formula is C24H30N2O6S. The molecule has 9 heteroatoms. The van der Waals surface area contributed by atoms with Gasteiger partial charge in [-0.3, -0.25) is 4.79 Å². The van der Waals surface area contributed by atoms with Gasteiger partial charge >= 0.3 is 5.97 Å². The lowest BCUT2D eigenvalue weighted by atomic mass is 10.0. The predicted octanol–water partition coefficient (Wildman–Crippen LogP) is 3.53. The van der Waals surface area contributed by atoms with E-state index in [-0.39, 0.29) is 17.1 Å². The maximum Gasteiger partial charge on any atom is 0.343 e. The molecule has 0 spiro atoms. The molecule has 1 aliphatic rings. The van der Waals surface area contributed by atoms with Crippen LogP contribution < -0.4 is 10.1 Å². The van der Waals surface area contributed by atoms with Crippen LogP contribution in [0, 0.1) is 19.8 Å². The minimum atomic E-state index is -3.70. The number of carbonyl (C=O) groups is 2. The summed E-state index contributed by atoms with van der Waals surface area (Å²) in [5.74, 6) is -0.0620. The summed E-state index contributed by atoms with van der Waals surface area (Å²) in [6, 6.07) is 9.71. The highest BCUT2D eigenvalue weighted by Crippen LogP contribution is 2.28. The smallest absolute Gasteiger partial charge is 0.343 e. The minimum Gasteiger partial charge on any atom is -0.482 e. The first-order valence-electron chi connectivity index (χ1n) is 10.8. The Bertz CT molecular complexity index is 1140. The number of hydrogen-bond donors (Lipinski definition) is 1. The molecule has 0 aromatic heterocycles. The molecule has 1 saturated heterocycles. The Kier molecular flexibility index (Phi) is 7.76. The van der Waals surface area contributed by atoms with Gasteiger partial charge in [-0.1, -0.05) is 13.0 Å². The van der Waals surface area contributed by atoms with Crippen LogP contribution in [0.25, 0.3) is 0 Å². The van der Waals surface area contributed by atoms with Crippen molar-refractivity contribution in [3.63, 3.8) is 0 Å². The molecule has 0 unspecified atom stereocenters. The molecule has 1 fully saturated rings. The first kappa shape index (κ1) is 24.7. The van der Waals surface area contributed by atoms with Gasteiger partial charge in [0.05, 0.1) is 12.0 Å². The number of carbonyl (C=O) groups excluding carboxylic acids is 2. The largest absolute Gasteiger partial charge is 0.482 e. The molecule has 2 aromatic carbocycles. The lowest BCUT2D eigenvalue weighted by molar-refractivity contribution is -0.142. The van der Waals surface area contributed by atoms with E-state index in [4.69, 9.17) is 4.74 Å². The molecule has 3 rings (SSSR count). The molecule has 33 heavy (non-hydrogen) atoms. The average molecular weight is 475 g/mol. The number of anilines is 1. The minimum absolute atomic E-state index is 0.164. The van der Waals surface area contributed by atoms with Crippen molar-refractivity contribution in [2.75, 3.05) is 32.1 Å². The van der Waals surface area contributed by atoms with Crippen LogP contribution in [0.5, 0.6) is 5.75 Å². The van der Waals surface area contributed by atoms with Crippen molar-refractivity contribution >= 4 is 27.6 Å². The quantitative estimate of drug-likeness (QED) is 0.616. The standard InChI is InChI=1S/C24H30N2O6S/c1-16-8-10-26(11-9-16)33(29,30)22-13-19(12-17(2)18(22)3)24(28)25-20-6-5-7-21(14-20)32-15-23(27)31-4/h5-7,12-14,16H,8-11,15H2,1-4H3,(H,25,28). The van der Waals surface area contributed by atoms with E-state index < -0.39 is 21.9 Å². The Morgan fingerprint density at radius 2 is 1.82 bits per heavy atom. The average Bonchev–Trinajstić information content (AvgIpc) is 2.79. The Hall–Kier alpha value is -2.91.